The monoisotopic (exact) mass is 597 g/mol. The molecule has 0 saturated heterocycles. The first-order valence-electron chi connectivity index (χ1n) is 18.5. The third-order valence-corrected chi connectivity index (χ3v) is 8.33. The number of hydrogen-bond donors (Lipinski definition) is 1. The zero-order valence-electron chi connectivity index (χ0n) is 28.4. The maximum Gasteiger partial charge on any atom is 0.306 e. The summed E-state index contributed by atoms with van der Waals surface area (Å²) in [6.07, 6.45) is 33.0. The number of hydrogen-bond acceptors (Lipinski definition) is 5. The molecule has 0 aliphatic rings. The molecule has 0 amide bonds. The summed E-state index contributed by atoms with van der Waals surface area (Å²) in [7, 11) is 0. The van der Waals surface area contributed by atoms with Crippen LogP contribution in [0.4, 0.5) is 0 Å². The summed E-state index contributed by atoms with van der Waals surface area (Å²) in [5.41, 5.74) is 0. The number of rotatable bonds is 33. The van der Waals surface area contributed by atoms with Gasteiger partial charge in [0.1, 0.15) is 6.61 Å². The van der Waals surface area contributed by atoms with Crippen molar-refractivity contribution in [1.29, 1.82) is 0 Å². The second-order valence-corrected chi connectivity index (χ2v) is 13.1. The zero-order chi connectivity index (χ0) is 30.9. The Kier molecular flexibility index (Phi) is 31.9. The molecule has 0 bridgehead atoms. The van der Waals surface area contributed by atoms with E-state index in [-0.39, 0.29) is 25.2 Å². The van der Waals surface area contributed by atoms with E-state index in [1.807, 2.05) is 0 Å². The van der Waals surface area contributed by atoms with Crippen LogP contribution in [0.2, 0.25) is 0 Å². The van der Waals surface area contributed by atoms with Gasteiger partial charge in [0, 0.05) is 12.8 Å². The van der Waals surface area contributed by atoms with Crippen molar-refractivity contribution in [3.8, 4) is 0 Å². The van der Waals surface area contributed by atoms with Crippen LogP contribution in [0, 0.1) is 5.92 Å². The molecule has 0 heterocycles. The van der Waals surface area contributed by atoms with Crippen molar-refractivity contribution in [2.75, 3.05) is 13.2 Å². The lowest BCUT2D eigenvalue weighted by molar-refractivity contribution is -0.161. The van der Waals surface area contributed by atoms with E-state index in [1.54, 1.807) is 0 Å². The van der Waals surface area contributed by atoms with Crippen LogP contribution in [0.25, 0.3) is 0 Å². The van der Waals surface area contributed by atoms with Crippen LogP contribution in [-0.2, 0) is 19.1 Å². The van der Waals surface area contributed by atoms with Gasteiger partial charge < -0.3 is 14.6 Å². The minimum Gasteiger partial charge on any atom is -0.462 e. The molecule has 0 aliphatic heterocycles. The second kappa shape index (κ2) is 32.8. The maximum atomic E-state index is 12.1. The molecule has 0 aromatic carbocycles. The molecule has 0 radical (unpaired) electrons. The molecule has 0 aromatic rings. The van der Waals surface area contributed by atoms with Gasteiger partial charge in [-0.15, -0.1) is 0 Å². The summed E-state index contributed by atoms with van der Waals surface area (Å²) in [5, 5.41) is 9.52. The number of carbonyl (C=O) groups excluding carboxylic acids is 2. The van der Waals surface area contributed by atoms with Crippen LogP contribution in [0.3, 0.4) is 0 Å². The quantitative estimate of drug-likeness (QED) is 0.0602. The van der Waals surface area contributed by atoms with E-state index in [1.165, 1.54) is 135 Å². The number of carbonyl (C=O) groups is 2. The summed E-state index contributed by atoms with van der Waals surface area (Å²) in [5.74, 6) is 0.261. The summed E-state index contributed by atoms with van der Waals surface area (Å²) < 4.78 is 10.6. The molecule has 250 valence electrons. The van der Waals surface area contributed by atoms with Gasteiger partial charge in [-0.2, -0.15) is 0 Å². The molecule has 0 aliphatic carbocycles. The van der Waals surface area contributed by atoms with E-state index >= 15 is 0 Å². The highest BCUT2D eigenvalue weighted by atomic mass is 16.6. The number of aliphatic hydroxyl groups is 1. The van der Waals surface area contributed by atoms with E-state index in [0.29, 0.717) is 12.8 Å². The summed E-state index contributed by atoms with van der Waals surface area (Å²) in [4.78, 5) is 24.2. The van der Waals surface area contributed by atoms with Crippen molar-refractivity contribution in [3.63, 3.8) is 0 Å². The SMILES string of the molecule is CCCCCCCCCCCCCCCC(=O)OC[C@H](CO)OC(=O)CCCCCCCCCCCCCCC(C)C. The Morgan fingerprint density at radius 2 is 0.881 bits per heavy atom. The van der Waals surface area contributed by atoms with Crippen molar-refractivity contribution in [2.45, 2.75) is 207 Å². The van der Waals surface area contributed by atoms with Crippen LogP contribution in [0.5, 0.6) is 0 Å². The highest BCUT2D eigenvalue weighted by Gasteiger charge is 2.16. The minimum atomic E-state index is -0.761. The van der Waals surface area contributed by atoms with E-state index in [2.05, 4.69) is 20.8 Å². The van der Waals surface area contributed by atoms with Gasteiger partial charge in [0.2, 0.25) is 0 Å². The summed E-state index contributed by atoms with van der Waals surface area (Å²) in [6, 6.07) is 0. The summed E-state index contributed by atoms with van der Waals surface area (Å²) >= 11 is 0. The molecule has 5 nitrogen and oxygen atoms in total. The molecular formula is C37H72O5. The van der Waals surface area contributed by atoms with Gasteiger partial charge in [-0.05, 0) is 18.8 Å². The lowest BCUT2D eigenvalue weighted by Gasteiger charge is -2.15. The van der Waals surface area contributed by atoms with E-state index < -0.39 is 6.10 Å². The minimum absolute atomic E-state index is 0.0581. The molecule has 0 aromatic heterocycles. The van der Waals surface area contributed by atoms with E-state index in [0.717, 1.165) is 38.0 Å². The van der Waals surface area contributed by atoms with Crippen molar-refractivity contribution < 1.29 is 24.2 Å². The number of aliphatic hydroxyl groups excluding tert-OH is 1. The Morgan fingerprint density at radius 3 is 1.26 bits per heavy atom. The molecular weight excluding hydrogens is 524 g/mol. The van der Waals surface area contributed by atoms with Gasteiger partial charge in [-0.3, -0.25) is 9.59 Å². The van der Waals surface area contributed by atoms with Crippen molar-refractivity contribution in [3.05, 3.63) is 0 Å². The Balaban J connectivity index is 3.52. The van der Waals surface area contributed by atoms with Gasteiger partial charge >= 0.3 is 11.9 Å². The maximum absolute atomic E-state index is 12.1. The molecule has 0 saturated carbocycles. The standard InChI is InChI=1S/C37H72O5/c1-4-5-6-7-8-9-10-11-15-18-21-24-27-30-36(39)41-33-35(32-38)42-37(40)31-28-25-22-19-16-13-12-14-17-20-23-26-29-34(2)3/h34-35,38H,4-33H2,1-3H3/t35-/m0/s1. The average molecular weight is 597 g/mol. The molecule has 0 rings (SSSR count). The summed E-state index contributed by atoms with van der Waals surface area (Å²) in [6.45, 7) is 6.49. The Morgan fingerprint density at radius 1 is 0.524 bits per heavy atom. The number of esters is 2. The molecule has 0 spiro atoms. The fourth-order valence-corrected chi connectivity index (χ4v) is 5.50. The molecule has 1 N–H and O–H groups in total. The van der Waals surface area contributed by atoms with Crippen LogP contribution >= 0.6 is 0 Å². The average Bonchev–Trinajstić information content (AvgIpc) is 2.97. The number of ether oxygens (including phenoxy) is 2. The normalized spacial score (nSPS) is 12.1. The predicted molar refractivity (Wildman–Crippen MR) is 178 cm³/mol. The zero-order valence-corrected chi connectivity index (χ0v) is 28.4. The first-order chi connectivity index (χ1) is 20.5. The second-order valence-electron chi connectivity index (χ2n) is 13.1. The third kappa shape index (κ3) is 31.8. The Hall–Kier alpha value is -1.10. The lowest BCUT2D eigenvalue weighted by atomic mass is 10.0. The Labute approximate surface area is 261 Å². The van der Waals surface area contributed by atoms with Gasteiger partial charge in [0.25, 0.3) is 0 Å². The van der Waals surface area contributed by atoms with Gasteiger partial charge in [0.05, 0.1) is 6.61 Å². The molecule has 0 fully saturated rings. The van der Waals surface area contributed by atoms with Crippen molar-refractivity contribution in [2.24, 2.45) is 5.92 Å². The smallest absolute Gasteiger partial charge is 0.306 e. The van der Waals surface area contributed by atoms with Crippen LogP contribution in [-0.4, -0.2) is 36.4 Å². The molecule has 42 heavy (non-hydrogen) atoms. The fourth-order valence-electron chi connectivity index (χ4n) is 5.50. The first-order valence-corrected chi connectivity index (χ1v) is 18.5. The molecule has 0 unspecified atom stereocenters. The number of unbranched alkanes of at least 4 members (excludes halogenated alkanes) is 23. The largest absolute Gasteiger partial charge is 0.462 e. The fraction of sp³-hybridized carbons (Fsp3) is 0.946. The van der Waals surface area contributed by atoms with Gasteiger partial charge in [-0.25, -0.2) is 0 Å². The van der Waals surface area contributed by atoms with E-state index in [4.69, 9.17) is 9.47 Å². The van der Waals surface area contributed by atoms with Gasteiger partial charge in [0.15, 0.2) is 6.10 Å². The van der Waals surface area contributed by atoms with Crippen molar-refractivity contribution in [1.82, 2.24) is 0 Å². The van der Waals surface area contributed by atoms with Crippen LogP contribution in [0.1, 0.15) is 201 Å². The van der Waals surface area contributed by atoms with Crippen molar-refractivity contribution >= 4 is 11.9 Å². The topological polar surface area (TPSA) is 72.8 Å². The lowest BCUT2D eigenvalue weighted by Crippen LogP contribution is -2.28. The van der Waals surface area contributed by atoms with Crippen LogP contribution in [0.15, 0.2) is 0 Å². The predicted octanol–water partition coefficient (Wildman–Crippen LogP) is 11.0. The molecule has 1 atom stereocenters. The van der Waals surface area contributed by atoms with E-state index in [9.17, 15) is 14.7 Å². The highest BCUT2D eigenvalue weighted by molar-refractivity contribution is 5.70. The highest BCUT2D eigenvalue weighted by Crippen LogP contribution is 2.15. The third-order valence-electron chi connectivity index (χ3n) is 8.33. The van der Waals surface area contributed by atoms with Crippen LogP contribution < -0.4 is 0 Å². The Bertz CT molecular complexity index is 577. The first kappa shape index (κ1) is 40.9. The van der Waals surface area contributed by atoms with Gasteiger partial charge in [-0.1, -0.05) is 175 Å². The molecule has 5 heteroatoms.